The summed E-state index contributed by atoms with van der Waals surface area (Å²) in [6.07, 6.45) is 2.25. The molecule has 0 saturated heterocycles. The average molecular weight is 244 g/mol. The minimum Gasteiger partial charge on any atom is -0.480 e. The maximum absolute atomic E-state index is 11.1. The van der Waals surface area contributed by atoms with Gasteiger partial charge in [-0.25, -0.2) is 0 Å². The van der Waals surface area contributed by atoms with E-state index in [4.69, 9.17) is 16.6 Å². The van der Waals surface area contributed by atoms with Crippen LogP contribution in [0.2, 0.25) is 0 Å². The minimum absolute atomic E-state index is 0.0866. The Morgan fingerprint density at radius 3 is 2.29 bits per heavy atom. The van der Waals surface area contributed by atoms with Crippen molar-refractivity contribution in [3.05, 3.63) is 0 Å². The number of carboxylic acids is 1. The minimum atomic E-state index is -0.754. The van der Waals surface area contributed by atoms with Gasteiger partial charge in [0.2, 0.25) is 0 Å². The molecule has 0 aliphatic rings. The highest BCUT2D eigenvalue weighted by Gasteiger charge is 2.22. The predicted octanol–water partition coefficient (Wildman–Crippen LogP) is 0.225. The van der Waals surface area contributed by atoms with E-state index in [-0.39, 0.29) is 5.96 Å². The second kappa shape index (κ2) is 8.81. The summed E-state index contributed by atoms with van der Waals surface area (Å²) in [5.41, 5.74) is 10.4. The van der Waals surface area contributed by atoms with E-state index in [0.717, 1.165) is 25.9 Å². The quantitative estimate of drug-likeness (QED) is 0.306. The van der Waals surface area contributed by atoms with Crippen molar-refractivity contribution in [1.29, 1.82) is 0 Å². The number of hydrogen-bond acceptors (Lipinski definition) is 3. The number of likely N-dealkylation sites (N-methyl/N-ethyl adjacent to an activating group) is 1. The molecule has 0 aliphatic heterocycles. The van der Waals surface area contributed by atoms with Crippen LogP contribution in [0, 0.1) is 0 Å². The van der Waals surface area contributed by atoms with E-state index < -0.39 is 12.0 Å². The molecule has 1 atom stereocenters. The highest BCUT2D eigenvalue weighted by Crippen LogP contribution is 2.09. The number of carboxylic acid groups (broad SMARTS) is 1. The van der Waals surface area contributed by atoms with Crippen molar-refractivity contribution >= 4 is 11.9 Å². The van der Waals surface area contributed by atoms with Crippen LogP contribution in [0.1, 0.15) is 33.1 Å². The Labute approximate surface area is 103 Å². The molecule has 0 rings (SSSR count). The van der Waals surface area contributed by atoms with Gasteiger partial charge in [0, 0.05) is 6.54 Å². The Hall–Kier alpha value is -1.30. The van der Waals surface area contributed by atoms with Gasteiger partial charge in [0.15, 0.2) is 5.96 Å². The van der Waals surface area contributed by atoms with Gasteiger partial charge >= 0.3 is 5.97 Å². The molecule has 0 fully saturated rings. The van der Waals surface area contributed by atoms with Gasteiger partial charge in [-0.05, 0) is 32.4 Å². The van der Waals surface area contributed by atoms with Gasteiger partial charge < -0.3 is 16.6 Å². The number of nitrogens with zero attached hydrogens (tertiary/aromatic N) is 2. The Bertz CT molecular complexity index is 248. The summed E-state index contributed by atoms with van der Waals surface area (Å²) < 4.78 is 0. The number of unbranched alkanes of at least 4 members (excludes halogenated alkanes) is 1. The lowest BCUT2D eigenvalue weighted by molar-refractivity contribution is -0.143. The molecule has 6 heteroatoms. The van der Waals surface area contributed by atoms with Crippen molar-refractivity contribution in [2.75, 3.05) is 19.6 Å². The average Bonchev–Trinajstić information content (AvgIpc) is 2.26. The monoisotopic (exact) mass is 244 g/mol. The van der Waals surface area contributed by atoms with Crippen molar-refractivity contribution in [3.8, 4) is 0 Å². The summed E-state index contributed by atoms with van der Waals surface area (Å²) in [5.74, 6) is -0.668. The number of aliphatic carboxylic acids is 1. The van der Waals surface area contributed by atoms with Crippen LogP contribution in [-0.2, 0) is 4.79 Å². The normalized spacial score (nSPS) is 12.4. The smallest absolute Gasteiger partial charge is 0.320 e. The van der Waals surface area contributed by atoms with E-state index in [2.05, 4.69) is 4.99 Å². The fourth-order valence-corrected chi connectivity index (χ4v) is 1.78. The second-order valence-corrected chi connectivity index (χ2v) is 3.88. The first-order valence-electron chi connectivity index (χ1n) is 6.05. The molecule has 0 aromatic rings. The summed E-state index contributed by atoms with van der Waals surface area (Å²) >= 11 is 0. The molecule has 17 heavy (non-hydrogen) atoms. The zero-order valence-corrected chi connectivity index (χ0v) is 10.7. The molecule has 6 nitrogen and oxygen atoms in total. The molecule has 0 bridgehead atoms. The third kappa shape index (κ3) is 6.78. The Morgan fingerprint density at radius 1 is 1.29 bits per heavy atom. The molecule has 0 aromatic carbocycles. The summed E-state index contributed by atoms with van der Waals surface area (Å²) in [6.45, 7) is 6.01. The molecule has 0 heterocycles. The van der Waals surface area contributed by atoms with Gasteiger partial charge in [0.1, 0.15) is 6.04 Å². The van der Waals surface area contributed by atoms with Crippen LogP contribution in [0.3, 0.4) is 0 Å². The van der Waals surface area contributed by atoms with E-state index in [0.29, 0.717) is 13.0 Å². The molecule has 100 valence electrons. The zero-order valence-electron chi connectivity index (χ0n) is 10.7. The van der Waals surface area contributed by atoms with E-state index >= 15 is 0 Å². The fourth-order valence-electron chi connectivity index (χ4n) is 1.78. The first-order valence-corrected chi connectivity index (χ1v) is 6.05. The van der Waals surface area contributed by atoms with Crippen LogP contribution in [0.4, 0.5) is 0 Å². The molecular weight excluding hydrogens is 220 g/mol. The highest BCUT2D eigenvalue weighted by atomic mass is 16.4. The van der Waals surface area contributed by atoms with Gasteiger partial charge in [-0.1, -0.05) is 13.8 Å². The van der Waals surface area contributed by atoms with E-state index in [9.17, 15) is 4.79 Å². The molecule has 0 radical (unpaired) electrons. The summed E-state index contributed by atoms with van der Waals surface area (Å²) in [5, 5.41) is 9.14. The number of aliphatic imine (C=N–C) groups is 1. The van der Waals surface area contributed by atoms with Crippen LogP contribution < -0.4 is 11.5 Å². The van der Waals surface area contributed by atoms with E-state index in [1.54, 1.807) is 0 Å². The van der Waals surface area contributed by atoms with Gasteiger partial charge in [-0.2, -0.15) is 0 Å². The van der Waals surface area contributed by atoms with Crippen molar-refractivity contribution in [2.24, 2.45) is 16.5 Å². The second-order valence-electron chi connectivity index (χ2n) is 3.88. The molecule has 0 saturated carbocycles. The van der Waals surface area contributed by atoms with Crippen LogP contribution in [0.5, 0.6) is 0 Å². The molecule has 0 aromatic heterocycles. The first kappa shape index (κ1) is 15.7. The number of hydrogen-bond donors (Lipinski definition) is 3. The van der Waals surface area contributed by atoms with Crippen molar-refractivity contribution < 1.29 is 9.90 Å². The van der Waals surface area contributed by atoms with Gasteiger partial charge in [0.25, 0.3) is 0 Å². The van der Waals surface area contributed by atoms with Crippen LogP contribution in [-0.4, -0.2) is 47.6 Å². The van der Waals surface area contributed by atoms with E-state index in [1.165, 1.54) is 0 Å². The summed E-state index contributed by atoms with van der Waals surface area (Å²) in [6, 6.07) is -0.399. The molecule has 0 aliphatic carbocycles. The van der Waals surface area contributed by atoms with Gasteiger partial charge in [-0.3, -0.25) is 14.7 Å². The van der Waals surface area contributed by atoms with Crippen LogP contribution >= 0.6 is 0 Å². The lowest BCUT2D eigenvalue weighted by atomic mass is 10.1. The Morgan fingerprint density at radius 2 is 1.88 bits per heavy atom. The fraction of sp³-hybridized carbons (Fsp3) is 0.818. The maximum Gasteiger partial charge on any atom is 0.320 e. The lowest BCUT2D eigenvalue weighted by Gasteiger charge is -2.25. The standard InChI is InChI=1S/C11H24N4O2/c1-3-15(4-2)9(10(16)17)7-5-6-8-14-11(12)13/h9H,3-8H2,1-2H3,(H,16,17)(H4,12,13,14)/t9-/m0/s1. The van der Waals surface area contributed by atoms with Gasteiger partial charge in [0.05, 0.1) is 0 Å². The third-order valence-corrected chi connectivity index (χ3v) is 2.72. The predicted molar refractivity (Wildman–Crippen MR) is 68.9 cm³/mol. The summed E-state index contributed by atoms with van der Waals surface area (Å²) in [7, 11) is 0. The summed E-state index contributed by atoms with van der Waals surface area (Å²) in [4.78, 5) is 16.9. The zero-order chi connectivity index (χ0) is 13.3. The van der Waals surface area contributed by atoms with E-state index in [1.807, 2.05) is 18.7 Å². The number of nitrogens with two attached hydrogens (primary N) is 2. The molecule has 0 unspecified atom stereocenters. The Kier molecular flexibility index (Phi) is 8.13. The van der Waals surface area contributed by atoms with Gasteiger partial charge in [-0.15, -0.1) is 0 Å². The van der Waals surface area contributed by atoms with Crippen LogP contribution in [0.25, 0.3) is 0 Å². The third-order valence-electron chi connectivity index (χ3n) is 2.72. The van der Waals surface area contributed by atoms with Crippen molar-refractivity contribution in [2.45, 2.75) is 39.2 Å². The lowest BCUT2D eigenvalue weighted by Crippen LogP contribution is -2.40. The SMILES string of the molecule is CCN(CC)[C@@H](CCCCN=C(N)N)C(=O)O. The maximum atomic E-state index is 11.1. The molecule has 5 N–H and O–H groups in total. The number of guanidine groups is 1. The highest BCUT2D eigenvalue weighted by molar-refractivity contribution is 5.75. The molecule has 0 amide bonds. The van der Waals surface area contributed by atoms with Crippen molar-refractivity contribution in [3.63, 3.8) is 0 Å². The largest absolute Gasteiger partial charge is 0.480 e. The number of rotatable bonds is 9. The first-order chi connectivity index (χ1) is 8.02. The van der Waals surface area contributed by atoms with Crippen LogP contribution in [0.15, 0.2) is 4.99 Å². The number of carbonyl (C=O) groups is 1. The molecular formula is C11H24N4O2. The topological polar surface area (TPSA) is 105 Å². The Balaban J connectivity index is 4.02. The van der Waals surface area contributed by atoms with Crippen molar-refractivity contribution in [1.82, 2.24) is 4.90 Å². The molecule has 0 spiro atoms.